The molecule has 32 heavy (non-hydrogen) atoms. The third kappa shape index (κ3) is 4.32. The highest BCUT2D eigenvalue weighted by atomic mass is 16.6. The van der Waals surface area contributed by atoms with Crippen LogP contribution in [0.1, 0.15) is 36.5 Å². The zero-order valence-electron chi connectivity index (χ0n) is 17.8. The van der Waals surface area contributed by atoms with Crippen LogP contribution < -0.4 is 0 Å². The second-order valence-electron chi connectivity index (χ2n) is 7.65. The number of nitro benzene ring substituents is 1. The van der Waals surface area contributed by atoms with Gasteiger partial charge in [0, 0.05) is 43.8 Å². The number of fused-ring (bicyclic) bond motifs is 1. The maximum atomic E-state index is 12.1. The first-order valence-corrected chi connectivity index (χ1v) is 10.7. The van der Waals surface area contributed by atoms with Crippen LogP contribution in [0.2, 0.25) is 0 Å². The quantitative estimate of drug-likeness (QED) is 0.302. The summed E-state index contributed by atoms with van der Waals surface area (Å²) in [7, 11) is 0. The van der Waals surface area contributed by atoms with Crippen LogP contribution in [-0.4, -0.2) is 50.9 Å². The van der Waals surface area contributed by atoms with E-state index in [9.17, 15) is 19.7 Å². The summed E-state index contributed by atoms with van der Waals surface area (Å²) in [5.74, 6) is 0.437. The smallest absolute Gasteiger partial charge is 0.338 e. The second kappa shape index (κ2) is 9.17. The molecule has 0 spiro atoms. The Bertz CT molecular complexity index is 1170. The van der Waals surface area contributed by atoms with Crippen LogP contribution in [0.3, 0.4) is 0 Å². The average Bonchev–Trinajstić information content (AvgIpc) is 3.37. The molecule has 1 amide bonds. The zero-order valence-corrected chi connectivity index (χ0v) is 17.8. The number of benzene rings is 2. The van der Waals surface area contributed by atoms with E-state index in [-0.39, 0.29) is 18.2 Å². The van der Waals surface area contributed by atoms with Crippen molar-refractivity contribution in [2.45, 2.75) is 32.7 Å². The number of ether oxygens (including phenoxy) is 1. The minimum Gasteiger partial charge on any atom is -0.462 e. The van der Waals surface area contributed by atoms with Gasteiger partial charge in [-0.3, -0.25) is 14.9 Å². The molecule has 0 saturated carbocycles. The average molecular weight is 436 g/mol. The molecule has 1 saturated heterocycles. The van der Waals surface area contributed by atoms with E-state index in [0.717, 1.165) is 30.5 Å². The molecule has 2 heterocycles. The van der Waals surface area contributed by atoms with Crippen LogP contribution in [0.4, 0.5) is 5.69 Å². The number of non-ortho nitro benzene ring substituents is 1. The molecule has 0 atom stereocenters. The van der Waals surface area contributed by atoms with Gasteiger partial charge in [-0.05, 0) is 50.1 Å². The van der Waals surface area contributed by atoms with E-state index in [1.165, 1.54) is 12.1 Å². The number of imidazole rings is 1. The predicted molar refractivity (Wildman–Crippen MR) is 118 cm³/mol. The molecule has 0 unspecified atom stereocenters. The molecule has 9 nitrogen and oxygen atoms in total. The number of likely N-dealkylation sites (tertiary alicyclic amines) is 1. The lowest BCUT2D eigenvalue weighted by atomic mass is 10.2. The summed E-state index contributed by atoms with van der Waals surface area (Å²) in [5, 5.41) is 11.0. The van der Waals surface area contributed by atoms with Gasteiger partial charge in [-0.15, -0.1) is 0 Å². The summed E-state index contributed by atoms with van der Waals surface area (Å²) in [6.45, 7) is 4.11. The Morgan fingerprint density at radius 3 is 2.62 bits per heavy atom. The molecule has 1 aliphatic rings. The van der Waals surface area contributed by atoms with Gasteiger partial charge in [-0.2, -0.15) is 0 Å². The van der Waals surface area contributed by atoms with Crippen molar-refractivity contribution in [3.8, 4) is 11.4 Å². The van der Waals surface area contributed by atoms with E-state index in [1.807, 2.05) is 15.5 Å². The predicted octanol–water partition coefficient (Wildman–Crippen LogP) is 3.80. The fourth-order valence-electron chi connectivity index (χ4n) is 4.01. The molecule has 0 N–H and O–H groups in total. The van der Waals surface area contributed by atoms with E-state index in [0.29, 0.717) is 36.4 Å². The normalized spacial score (nSPS) is 13.7. The van der Waals surface area contributed by atoms with Gasteiger partial charge in [-0.1, -0.05) is 0 Å². The summed E-state index contributed by atoms with van der Waals surface area (Å²) < 4.78 is 7.12. The molecule has 4 rings (SSSR count). The van der Waals surface area contributed by atoms with Gasteiger partial charge in [0.05, 0.1) is 28.1 Å². The van der Waals surface area contributed by atoms with Gasteiger partial charge in [-0.25, -0.2) is 9.78 Å². The third-order valence-corrected chi connectivity index (χ3v) is 5.58. The van der Waals surface area contributed by atoms with Gasteiger partial charge in [0.1, 0.15) is 5.82 Å². The number of esters is 1. The highest BCUT2D eigenvalue weighted by molar-refractivity contribution is 5.94. The molecular weight excluding hydrogens is 412 g/mol. The van der Waals surface area contributed by atoms with Crippen LogP contribution in [0, 0.1) is 10.1 Å². The summed E-state index contributed by atoms with van der Waals surface area (Å²) in [5.41, 5.74) is 2.65. The Morgan fingerprint density at radius 1 is 1.19 bits per heavy atom. The largest absolute Gasteiger partial charge is 0.462 e. The molecule has 2 aromatic carbocycles. The van der Waals surface area contributed by atoms with Crippen LogP contribution in [0.25, 0.3) is 22.4 Å². The summed E-state index contributed by atoms with van der Waals surface area (Å²) in [6.07, 6.45) is 2.26. The van der Waals surface area contributed by atoms with Crippen molar-refractivity contribution >= 4 is 28.6 Å². The molecule has 0 bridgehead atoms. The first-order chi connectivity index (χ1) is 15.5. The van der Waals surface area contributed by atoms with Gasteiger partial charge < -0.3 is 14.2 Å². The zero-order chi connectivity index (χ0) is 22.7. The Morgan fingerprint density at radius 2 is 1.97 bits per heavy atom. The van der Waals surface area contributed by atoms with Crippen LogP contribution in [0.15, 0.2) is 42.5 Å². The van der Waals surface area contributed by atoms with Crippen molar-refractivity contribution in [3.63, 3.8) is 0 Å². The molecule has 0 aliphatic carbocycles. The summed E-state index contributed by atoms with van der Waals surface area (Å²) >= 11 is 0. The van der Waals surface area contributed by atoms with E-state index < -0.39 is 10.9 Å². The van der Waals surface area contributed by atoms with Crippen LogP contribution in [-0.2, 0) is 16.1 Å². The summed E-state index contributed by atoms with van der Waals surface area (Å²) in [4.78, 5) is 41.2. The number of carbonyl (C=O) groups excluding carboxylic acids is 2. The number of hydrogen-bond donors (Lipinski definition) is 0. The summed E-state index contributed by atoms with van der Waals surface area (Å²) in [6, 6.07) is 11.5. The number of rotatable bonds is 8. The Labute approximate surface area is 184 Å². The van der Waals surface area contributed by atoms with Crippen molar-refractivity contribution < 1.29 is 19.2 Å². The van der Waals surface area contributed by atoms with Crippen molar-refractivity contribution in [1.29, 1.82) is 0 Å². The highest BCUT2D eigenvalue weighted by Gasteiger charge is 2.20. The first kappa shape index (κ1) is 21.5. The van der Waals surface area contributed by atoms with Gasteiger partial charge >= 0.3 is 5.97 Å². The number of amides is 1. The lowest BCUT2D eigenvalue weighted by molar-refractivity contribution is -0.384. The van der Waals surface area contributed by atoms with E-state index in [2.05, 4.69) is 0 Å². The Balaban J connectivity index is 1.68. The van der Waals surface area contributed by atoms with Crippen molar-refractivity contribution in [1.82, 2.24) is 14.5 Å². The second-order valence-corrected chi connectivity index (χ2v) is 7.65. The fraction of sp³-hybridized carbons (Fsp3) is 0.348. The van der Waals surface area contributed by atoms with Gasteiger partial charge in [0.15, 0.2) is 0 Å². The molecule has 1 aromatic heterocycles. The number of nitro groups is 1. The van der Waals surface area contributed by atoms with E-state index in [4.69, 9.17) is 9.72 Å². The van der Waals surface area contributed by atoms with E-state index in [1.54, 1.807) is 31.2 Å². The molecule has 1 aliphatic heterocycles. The van der Waals surface area contributed by atoms with Gasteiger partial charge in [0.25, 0.3) is 5.69 Å². The molecule has 9 heteroatoms. The highest BCUT2D eigenvalue weighted by Crippen LogP contribution is 2.28. The van der Waals surface area contributed by atoms with E-state index >= 15 is 0 Å². The lowest BCUT2D eigenvalue weighted by Gasteiger charge is -2.16. The number of aromatic nitrogens is 2. The fourth-order valence-corrected chi connectivity index (χ4v) is 4.01. The van der Waals surface area contributed by atoms with Crippen molar-refractivity contribution in [2.24, 2.45) is 0 Å². The molecule has 3 aromatic rings. The molecule has 1 fully saturated rings. The topological polar surface area (TPSA) is 108 Å². The lowest BCUT2D eigenvalue weighted by Crippen LogP contribution is -2.26. The standard InChI is InChI=1S/C23H24N4O5/c1-2-32-23(29)17-8-11-20-19(15-17)24-22(16-6-9-18(10-7-16)27(30)31)26(20)14-4-13-25-12-3-5-21(25)28/h6-11,15H,2-5,12-14H2,1H3. The maximum absolute atomic E-state index is 12.1. The number of nitrogens with zero attached hydrogens (tertiary/aromatic N) is 4. The number of carbonyl (C=O) groups is 2. The minimum absolute atomic E-state index is 0.00792. The Hall–Kier alpha value is -3.75. The number of hydrogen-bond acceptors (Lipinski definition) is 6. The van der Waals surface area contributed by atoms with Crippen LogP contribution >= 0.6 is 0 Å². The van der Waals surface area contributed by atoms with Crippen molar-refractivity contribution in [2.75, 3.05) is 19.7 Å². The van der Waals surface area contributed by atoms with Crippen molar-refractivity contribution in [3.05, 3.63) is 58.1 Å². The third-order valence-electron chi connectivity index (χ3n) is 5.58. The number of aryl methyl sites for hydroxylation is 1. The first-order valence-electron chi connectivity index (χ1n) is 10.7. The maximum Gasteiger partial charge on any atom is 0.338 e. The minimum atomic E-state index is -0.439. The van der Waals surface area contributed by atoms with Gasteiger partial charge in [0.2, 0.25) is 5.91 Å². The monoisotopic (exact) mass is 436 g/mol. The Kier molecular flexibility index (Phi) is 6.16. The molecule has 0 radical (unpaired) electrons. The van der Waals surface area contributed by atoms with Crippen LogP contribution in [0.5, 0.6) is 0 Å². The SMILES string of the molecule is CCOC(=O)c1ccc2c(c1)nc(-c1ccc([N+](=O)[O-])cc1)n2CCCN1CCCC1=O. The molecule has 166 valence electrons. The molecular formula is C23H24N4O5.